The highest BCUT2D eigenvalue weighted by Gasteiger charge is 2.26. The van der Waals surface area contributed by atoms with Gasteiger partial charge in [-0.15, -0.1) is 0 Å². The Labute approximate surface area is 121 Å². The summed E-state index contributed by atoms with van der Waals surface area (Å²) in [6.07, 6.45) is 2.90. The van der Waals surface area contributed by atoms with Gasteiger partial charge in [0.2, 0.25) is 0 Å². The summed E-state index contributed by atoms with van der Waals surface area (Å²) in [7, 11) is 0. The number of aryl methyl sites for hydroxylation is 1. The minimum atomic E-state index is 0.764. The molecule has 2 aliphatic rings. The summed E-state index contributed by atoms with van der Waals surface area (Å²) in [4.78, 5) is 5.16. The molecule has 1 heterocycles. The number of rotatable bonds is 4. The first-order chi connectivity index (χ1) is 9.74. The van der Waals surface area contributed by atoms with Crippen molar-refractivity contribution < 1.29 is 0 Å². The van der Waals surface area contributed by atoms with Crippen LogP contribution >= 0.6 is 0 Å². The maximum atomic E-state index is 8.91. The van der Waals surface area contributed by atoms with Crippen molar-refractivity contribution in [1.29, 1.82) is 5.26 Å². The Balaban J connectivity index is 1.52. The Morgan fingerprint density at radius 3 is 2.45 bits per heavy atom. The van der Waals surface area contributed by atoms with Crippen LogP contribution in [0.2, 0.25) is 0 Å². The van der Waals surface area contributed by atoms with E-state index < -0.39 is 0 Å². The second-order valence-electron chi connectivity index (χ2n) is 6.27. The molecule has 3 heteroatoms. The molecule has 0 bridgehead atoms. The van der Waals surface area contributed by atoms with Gasteiger partial charge in [-0.1, -0.05) is 6.07 Å². The fourth-order valence-electron chi connectivity index (χ4n) is 2.98. The predicted octanol–water partition coefficient (Wildman–Crippen LogP) is 2.39. The van der Waals surface area contributed by atoms with Crippen LogP contribution in [0.1, 0.15) is 29.5 Å². The molecule has 1 aliphatic carbocycles. The van der Waals surface area contributed by atoms with Crippen LogP contribution in [0.15, 0.2) is 18.2 Å². The first kappa shape index (κ1) is 13.6. The van der Waals surface area contributed by atoms with Crippen molar-refractivity contribution in [2.45, 2.75) is 26.3 Å². The molecule has 1 aliphatic heterocycles. The standard InChI is InChI=1S/C17H23N3/c1-14-10-16(11-18)4-5-17(14)13-20-8-6-19(7-9-20)12-15-2-3-15/h4-5,10,15H,2-3,6-9,12-13H2,1H3. The van der Waals surface area contributed by atoms with Gasteiger partial charge in [0.1, 0.15) is 0 Å². The molecule has 0 aromatic heterocycles. The molecular formula is C17H23N3. The summed E-state index contributed by atoms with van der Waals surface area (Å²) in [5, 5.41) is 8.91. The molecule has 2 fully saturated rings. The highest BCUT2D eigenvalue weighted by molar-refractivity contribution is 5.37. The Morgan fingerprint density at radius 1 is 1.15 bits per heavy atom. The van der Waals surface area contributed by atoms with Gasteiger partial charge in [-0.2, -0.15) is 5.26 Å². The second-order valence-corrected chi connectivity index (χ2v) is 6.27. The van der Waals surface area contributed by atoms with Crippen LogP contribution in [0.25, 0.3) is 0 Å². The van der Waals surface area contributed by atoms with Crippen molar-refractivity contribution in [2.75, 3.05) is 32.7 Å². The molecule has 0 N–H and O–H groups in total. The summed E-state index contributed by atoms with van der Waals surface area (Å²) in [5.41, 5.74) is 3.37. The van der Waals surface area contributed by atoms with E-state index in [2.05, 4.69) is 28.9 Å². The van der Waals surface area contributed by atoms with E-state index in [1.807, 2.05) is 12.1 Å². The van der Waals surface area contributed by atoms with Crippen molar-refractivity contribution in [3.63, 3.8) is 0 Å². The van der Waals surface area contributed by atoms with Gasteiger partial charge in [0, 0.05) is 39.3 Å². The Hall–Kier alpha value is -1.37. The molecule has 1 saturated carbocycles. The monoisotopic (exact) mass is 269 g/mol. The summed E-state index contributed by atoms with van der Waals surface area (Å²) in [5.74, 6) is 1.00. The number of piperazine rings is 1. The Kier molecular flexibility index (Phi) is 4.05. The molecular weight excluding hydrogens is 246 g/mol. The van der Waals surface area contributed by atoms with Gasteiger partial charge in [0.15, 0.2) is 0 Å². The molecule has 0 unspecified atom stereocenters. The van der Waals surface area contributed by atoms with Crippen molar-refractivity contribution in [1.82, 2.24) is 9.80 Å². The third-order valence-electron chi connectivity index (χ3n) is 4.54. The maximum absolute atomic E-state index is 8.91. The van der Waals surface area contributed by atoms with Gasteiger partial charge in [-0.05, 0) is 48.9 Å². The summed E-state index contributed by atoms with van der Waals surface area (Å²) < 4.78 is 0. The number of benzene rings is 1. The molecule has 1 aromatic carbocycles. The SMILES string of the molecule is Cc1cc(C#N)ccc1CN1CCN(CC2CC2)CC1. The molecule has 3 nitrogen and oxygen atoms in total. The third-order valence-corrected chi connectivity index (χ3v) is 4.54. The number of hydrogen-bond donors (Lipinski definition) is 0. The normalized spacial score (nSPS) is 20.8. The lowest BCUT2D eigenvalue weighted by Gasteiger charge is -2.35. The van der Waals surface area contributed by atoms with Crippen LogP contribution in [-0.2, 0) is 6.54 Å². The minimum Gasteiger partial charge on any atom is -0.301 e. The third kappa shape index (κ3) is 3.39. The molecule has 0 radical (unpaired) electrons. The quantitative estimate of drug-likeness (QED) is 0.841. The Morgan fingerprint density at radius 2 is 1.85 bits per heavy atom. The molecule has 20 heavy (non-hydrogen) atoms. The van der Waals surface area contributed by atoms with Gasteiger partial charge in [-0.25, -0.2) is 0 Å². The van der Waals surface area contributed by atoms with Gasteiger partial charge in [0.25, 0.3) is 0 Å². The van der Waals surface area contributed by atoms with Crippen LogP contribution < -0.4 is 0 Å². The second kappa shape index (κ2) is 5.95. The largest absolute Gasteiger partial charge is 0.301 e. The van der Waals surface area contributed by atoms with Gasteiger partial charge in [-0.3, -0.25) is 4.90 Å². The zero-order valence-electron chi connectivity index (χ0n) is 12.3. The van der Waals surface area contributed by atoms with Crippen LogP contribution in [0.4, 0.5) is 0 Å². The van der Waals surface area contributed by atoms with E-state index in [4.69, 9.17) is 5.26 Å². The molecule has 0 amide bonds. The smallest absolute Gasteiger partial charge is 0.0991 e. The lowest BCUT2D eigenvalue weighted by atomic mass is 10.0. The van der Waals surface area contributed by atoms with E-state index in [0.29, 0.717) is 0 Å². The van der Waals surface area contributed by atoms with Crippen LogP contribution in [-0.4, -0.2) is 42.5 Å². The van der Waals surface area contributed by atoms with E-state index in [0.717, 1.165) is 18.0 Å². The average Bonchev–Trinajstić information content (AvgIpc) is 3.27. The van der Waals surface area contributed by atoms with Gasteiger partial charge in [0.05, 0.1) is 11.6 Å². The summed E-state index contributed by atoms with van der Waals surface area (Å²) in [6.45, 7) is 9.23. The number of hydrogen-bond acceptors (Lipinski definition) is 3. The highest BCUT2D eigenvalue weighted by atomic mass is 15.3. The van der Waals surface area contributed by atoms with E-state index in [9.17, 15) is 0 Å². The first-order valence-electron chi connectivity index (χ1n) is 7.69. The predicted molar refractivity (Wildman–Crippen MR) is 80.3 cm³/mol. The topological polar surface area (TPSA) is 30.3 Å². The lowest BCUT2D eigenvalue weighted by molar-refractivity contribution is 0.123. The van der Waals surface area contributed by atoms with E-state index in [1.54, 1.807) is 0 Å². The van der Waals surface area contributed by atoms with Gasteiger partial charge >= 0.3 is 0 Å². The molecule has 1 aromatic rings. The summed E-state index contributed by atoms with van der Waals surface area (Å²) >= 11 is 0. The highest BCUT2D eigenvalue weighted by Crippen LogP contribution is 2.30. The molecule has 0 spiro atoms. The minimum absolute atomic E-state index is 0.764. The lowest BCUT2D eigenvalue weighted by Crippen LogP contribution is -2.46. The molecule has 106 valence electrons. The maximum Gasteiger partial charge on any atom is 0.0991 e. The molecule has 0 atom stereocenters. The number of nitriles is 1. The fraction of sp³-hybridized carbons (Fsp3) is 0.588. The van der Waals surface area contributed by atoms with E-state index >= 15 is 0 Å². The van der Waals surface area contributed by atoms with Crippen molar-refractivity contribution in [3.8, 4) is 6.07 Å². The Bertz CT molecular complexity index is 505. The van der Waals surface area contributed by atoms with Crippen molar-refractivity contribution >= 4 is 0 Å². The van der Waals surface area contributed by atoms with Crippen molar-refractivity contribution in [3.05, 3.63) is 34.9 Å². The number of nitrogens with zero attached hydrogens (tertiary/aromatic N) is 3. The zero-order chi connectivity index (χ0) is 13.9. The fourth-order valence-corrected chi connectivity index (χ4v) is 2.98. The van der Waals surface area contributed by atoms with Crippen LogP contribution in [0, 0.1) is 24.2 Å². The zero-order valence-corrected chi connectivity index (χ0v) is 12.3. The van der Waals surface area contributed by atoms with Crippen LogP contribution in [0.3, 0.4) is 0 Å². The van der Waals surface area contributed by atoms with E-state index in [1.165, 1.54) is 56.7 Å². The van der Waals surface area contributed by atoms with E-state index in [-0.39, 0.29) is 0 Å². The first-order valence-corrected chi connectivity index (χ1v) is 7.69. The van der Waals surface area contributed by atoms with Crippen LogP contribution in [0.5, 0.6) is 0 Å². The van der Waals surface area contributed by atoms with Crippen molar-refractivity contribution in [2.24, 2.45) is 5.92 Å². The summed E-state index contributed by atoms with van der Waals surface area (Å²) in [6, 6.07) is 8.26. The molecule has 3 rings (SSSR count). The average molecular weight is 269 g/mol. The molecule has 1 saturated heterocycles. The van der Waals surface area contributed by atoms with Gasteiger partial charge < -0.3 is 4.90 Å².